The fraction of sp³-hybridized carbons (Fsp3) is 1.00. The Morgan fingerprint density at radius 3 is 2.25 bits per heavy atom. The molecule has 0 aliphatic heterocycles. The van der Waals surface area contributed by atoms with Crippen molar-refractivity contribution in [2.45, 2.75) is 45.4 Å². The minimum atomic E-state index is 0.856. The Morgan fingerprint density at radius 2 is 1.75 bits per heavy atom. The predicted octanol–water partition coefficient (Wildman–Crippen LogP) is 3.96. The zero-order valence-corrected chi connectivity index (χ0v) is 10.0. The minimum absolute atomic E-state index is 0.856. The van der Waals surface area contributed by atoms with Gasteiger partial charge in [-0.15, -0.1) is 0 Å². The Labute approximate surface area is 89.9 Å². The quantitative estimate of drug-likeness (QED) is 0.709. The Kier molecular flexibility index (Phi) is 5.56. The first kappa shape index (κ1) is 10.8. The molecule has 1 nitrogen and oxygen atoms in total. The summed E-state index contributed by atoms with van der Waals surface area (Å²) in [5.74, 6) is 1.88. The fourth-order valence-electron chi connectivity index (χ4n) is 2.18. The van der Waals surface area contributed by atoms with E-state index in [1.807, 2.05) is 23.0 Å². The van der Waals surface area contributed by atoms with Crippen LogP contribution in [0.25, 0.3) is 0 Å². The molecule has 0 spiro atoms. The van der Waals surface area contributed by atoms with Crippen molar-refractivity contribution in [1.29, 1.82) is 0 Å². The van der Waals surface area contributed by atoms with E-state index in [0.29, 0.717) is 0 Å². The molecule has 0 N–H and O–H groups in total. The van der Waals surface area contributed by atoms with E-state index in [9.17, 15) is 0 Å². The average Bonchev–Trinajstić information content (AvgIpc) is 2.09. The molecule has 0 aromatic carbocycles. The van der Waals surface area contributed by atoms with Crippen molar-refractivity contribution >= 4 is 23.0 Å². The van der Waals surface area contributed by atoms with E-state index in [0.717, 1.165) is 18.4 Å². The summed E-state index contributed by atoms with van der Waals surface area (Å²) < 4.78 is 5.15. The summed E-state index contributed by atoms with van der Waals surface area (Å²) in [4.78, 5) is 0. The normalized spacial score (nSPS) is 30.5. The van der Waals surface area contributed by atoms with E-state index in [2.05, 4.69) is 6.92 Å². The van der Waals surface area contributed by atoms with Gasteiger partial charge in [-0.05, 0) is 24.7 Å². The van der Waals surface area contributed by atoms with Crippen LogP contribution in [0.15, 0.2) is 0 Å². The highest BCUT2D eigenvalue weighted by Crippen LogP contribution is 2.31. The summed E-state index contributed by atoms with van der Waals surface area (Å²) >= 11 is 2.01. The number of hydrogen-bond acceptors (Lipinski definition) is 1. The minimum Gasteiger partial charge on any atom is -0.316 e. The largest absolute Gasteiger partial charge is 0.316 e. The van der Waals surface area contributed by atoms with Gasteiger partial charge in [0.05, 0.1) is 6.61 Å². The molecule has 1 aliphatic carbocycles. The van der Waals surface area contributed by atoms with Gasteiger partial charge in [0, 0.05) is 0 Å². The van der Waals surface area contributed by atoms with Crippen LogP contribution in [0.4, 0.5) is 0 Å². The molecule has 1 fully saturated rings. The maximum absolute atomic E-state index is 5.15. The molecule has 0 aromatic heterocycles. The van der Waals surface area contributed by atoms with Crippen LogP contribution in [0, 0.1) is 11.8 Å². The molecule has 12 heavy (non-hydrogen) atoms. The van der Waals surface area contributed by atoms with Crippen molar-refractivity contribution in [2.75, 3.05) is 6.61 Å². The molecular weight excluding hydrogens is 263 g/mol. The molecule has 1 rings (SSSR count). The summed E-state index contributed by atoms with van der Waals surface area (Å²) in [6.07, 6.45) is 8.48. The molecule has 1 saturated carbocycles. The van der Waals surface area contributed by atoms with Crippen LogP contribution < -0.4 is 0 Å². The highest BCUT2D eigenvalue weighted by Gasteiger charge is 2.20. The van der Waals surface area contributed by atoms with E-state index < -0.39 is 0 Å². The molecule has 72 valence electrons. The van der Waals surface area contributed by atoms with E-state index in [1.54, 1.807) is 0 Å². The Bertz CT molecular complexity index is 94.4. The lowest BCUT2D eigenvalue weighted by Crippen LogP contribution is -2.17. The molecule has 0 unspecified atom stereocenters. The molecule has 2 heteroatoms. The molecule has 0 heterocycles. The van der Waals surface area contributed by atoms with Gasteiger partial charge in [-0.2, -0.15) is 0 Å². The molecule has 1 aliphatic rings. The first-order valence-electron chi connectivity index (χ1n) is 5.10. The second kappa shape index (κ2) is 6.19. The maximum atomic E-state index is 5.15. The Balaban J connectivity index is 2.11. The van der Waals surface area contributed by atoms with Crippen molar-refractivity contribution in [1.82, 2.24) is 0 Å². The predicted molar refractivity (Wildman–Crippen MR) is 60.3 cm³/mol. The Hall–Kier alpha value is 0.690. The van der Waals surface area contributed by atoms with Gasteiger partial charge in [-0.25, -0.2) is 0 Å². The van der Waals surface area contributed by atoms with Crippen LogP contribution in [-0.2, 0) is 3.07 Å². The van der Waals surface area contributed by atoms with Crippen LogP contribution >= 0.6 is 23.0 Å². The van der Waals surface area contributed by atoms with Crippen molar-refractivity contribution in [3.05, 3.63) is 0 Å². The van der Waals surface area contributed by atoms with Crippen LogP contribution in [0.2, 0.25) is 0 Å². The van der Waals surface area contributed by atoms with E-state index in [4.69, 9.17) is 3.07 Å². The second-order valence-corrected chi connectivity index (χ2v) is 4.57. The highest BCUT2D eigenvalue weighted by molar-refractivity contribution is 14.1. The van der Waals surface area contributed by atoms with Crippen molar-refractivity contribution < 1.29 is 3.07 Å². The molecule has 0 aromatic rings. The van der Waals surface area contributed by atoms with Gasteiger partial charge in [0.15, 0.2) is 0 Å². The zero-order valence-electron chi connectivity index (χ0n) is 7.89. The van der Waals surface area contributed by atoms with Crippen LogP contribution in [0.3, 0.4) is 0 Å². The Morgan fingerprint density at radius 1 is 1.17 bits per heavy atom. The zero-order chi connectivity index (χ0) is 8.81. The first-order chi connectivity index (χ1) is 5.86. The molecule has 0 bridgehead atoms. The lowest BCUT2D eigenvalue weighted by atomic mass is 9.80. The van der Waals surface area contributed by atoms with E-state index in [1.165, 1.54) is 38.5 Å². The third-order valence-corrected chi connectivity index (χ3v) is 3.32. The molecule has 0 radical (unpaired) electrons. The fourth-order valence-corrected chi connectivity index (χ4v) is 2.69. The molecule has 0 atom stereocenters. The summed E-state index contributed by atoms with van der Waals surface area (Å²) in [6.45, 7) is 3.26. The maximum Gasteiger partial charge on any atom is 0.109 e. The number of rotatable bonds is 4. The summed E-state index contributed by atoms with van der Waals surface area (Å²) in [5, 5.41) is 0. The standard InChI is InChI=1S/C10H19IO/c1-2-3-9-4-6-10(7-5-9)8-12-11/h9-10H,2-8H2,1H3. The van der Waals surface area contributed by atoms with Crippen LogP contribution in [0.1, 0.15) is 45.4 Å². The van der Waals surface area contributed by atoms with Crippen molar-refractivity contribution in [2.24, 2.45) is 11.8 Å². The monoisotopic (exact) mass is 282 g/mol. The SMILES string of the molecule is CCCC1CCC(COI)CC1. The van der Waals surface area contributed by atoms with Crippen molar-refractivity contribution in [3.63, 3.8) is 0 Å². The van der Waals surface area contributed by atoms with E-state index in [-0.39, 0.29) is 0 Å². The molecule has 0 amide bonds. The smallest absolute Gasteiger partial charge is 0.109 e. The number of halogens is 1. The van der Waals surface area contributed by atoms with E-state index >= 15 is 0 Å². The second-order valence-electron chi connectivity index (χ2n) is 3.95. The van der Waals surface area contributed by atoms with Crippen LogP contribution in [0.5, 0.6) is 0 Å². The lowest BCUT2D eigenvalue weighted by Gasteiger charge is -2.27. The van der Waals surface area contributed by atoms with Gasteiger partial charge < -0.3 is 3.07 Å². The third-order valence-electron chi connectivity index (χ3n) is 2.96. The summed E-state index contributed by atoms with van der Waals surface area (Å²) in [6, 6.07) is 0. The molecular formula is C10H19IO. The molecule has 0 saturated heterocycles. The topological polar surface area (TPSA) is 9.23 Å². The van der Waals surface area contributed by atoms with Gasteiger partial charge in [0.1, 0.15) is 23.0 Å². The number of hydrogen-bond donors (Lipinski definition) is 0. The van der Waals surface area contributed by atoms with Gasteiger partial charge >= 0.3 is 0 Å². The van der Waals surface area contributed by atoms with Crippen molar-refractivity contribution in [3.8, 4) is 0 Å². The van der Waals surface area contributed by atoms with Gasteiger partial charge in [-0.3, -0.25) is 0 Å². The van der Waals surface area contributed by atoms with Gasteiger partial charge in [0.2, 0.25) is 0 Å². The van der Waals surface area contributed by atoms with Gasteiger partial charge in [-0.1, -0.05) is 32.6 Å². The summed E-state index contributed by atoms with van der Waals surface area (Å²) in [7, 11) is 0. The summed E-state index contributed by atoms with van der Waals surface area (Å²) in [5.41, 5.74) is 0. The first-order valence-corrected chi connectivity index (χ1v) is 5.98. The lowest BCUT2D eigenvalue weighted by molar-refractivity contribution is 0.210. The highest BCUT2D eigenvalue weighted by atomic mass is 127. The van der Waals surface area contributed by atoms with Crippen LogP contribution in [-0.4, -0.2) is 6.61 Å². The van der Waals surface area contributed by atoms with Gasteiger partial charge in [0.25, 0.3) is 0 Å². The third kappa shape index (κ3) is 3.60. The average molecular weight is 282 g/mol.